The van der Waals surface area contributed by atoms with Crippen molar-refractivity contribution in [3.05, 3.63) is 75.8 Å². The average Bonchev–Trinajstić information content (AvgIpc) is 2.62. The van der Waals surface area contributed by atoms with Gasteiger partial charge in [-0.25, -0.2) is 5.43 Å². The lowest BCUT2D eigenvalue weighted by atomic mass is 10.1. The van der Waals surface area contributed by atoms with E-state index in [4.69, 9.17) is 0 Å². The number of benzene rings is 2. The minimum atomic E-state index is -0.217. The summed E-state index contributed by atoms with van der Waals surface area (Å²) in [5, 5.41) is 4.14. The normalized spacial score (nSPS) is 11.7. The topological polar surface area (TPSA) is 41.5 Å². The van der Waals surface area contributed by atoms with Crippen LogP contribution in [0.5, 0.6) is 0 Å². The van der Waals surface area contributed by atoms with Crippen molar-refractivity contribution in [2.45, 2.75) is 32.6 Å². The van der Waals surface area contributed by atoms with Gasteiger partial charge in [-0.1, -0.05) is 78.2 Å². The van der Waals surface area contributed by atoms with E-state index in [0.717, 1.165) is 28.5 Å². The van der Waals surface area contributed by atoms with Crippen LogP contribution >= 0.6 is 15.9 Å². The fourth-order valence-corrected chi connectivity index (χ4v) is 2.78. The second-order valence-electron chi connectivity index (χ2n) is 5.80. The van der Waals surface area contributed by atoms with Crippen molar-refractivity contribution >= 4 is 34.1 Å². The van der Waals surface area contributed by atoms with E-state index in [9.17, 15) is 4.79 Å². The van der Waals surface area contributed by atoms with Gasteiger partial charge in [0.2, 0.25) is 0 Å². The molecule has 1 N–H and O–H groups in total. The third kappa shape index (κ3) is 7.06. The highest BCUT2D eigenvalue weighted by molar-refractivity contribution is 9.10. The van der Waals surface area contributed by atoms with E-state index in [1.165, 1.54) is 12.8 Å². The van der Waals surface area contributed by atoms with Crippen LogP contribution in [0, 0.1) is 0 Å². The number of allylic oxidation sites excluding steroid dienone is 1. The van der Waals surface area contributed by atoms with Crippen LogP contribution in [-0.4, -0.2) is 12.1 Å². The summed E-state index contributed by atoms with van der Waals surface area (Å²) in [6.45, 7) is 2.19. The quantitative estimate of drug-likeness (QED) is 0.339. The van der Waals surface area contributed by atoms with Gasteiger partial charge in [0.15, 0.2) is 0 Å². The molecule has 130 valence electrons. The van der Waals surface area contributed by atoms with E-state index in [1.807, 2.05) is 30.3 Å². The third-order valence-corrected chi connectivity index (χ3v) is 4.20. The predicted octanol–water partition coefficient (Wildman–Crippen LogP) is 5.83. The molecule has 2 rings (SSSR count). The van der Waals surface area contributed by atoms with Gasteiger partial charge in [0.1, 0.15) is 0 Å². The molecule has 2 aromatic carbocycles. The van der Waals surface area contributed by atoms with Gasteiger partial charge in [0, 0.05) is 10.0 Å². The minimum Gasteiger partial charge on any atom is -0.267 e. The largest absolute Gasteiger partial charge is 0.271 e. The lowest BCUT2D eigenvalue weighted by molar-refractivity contribution is 0.0955. The van der Waals surface area contributed by atoms with Crippen LogP contribution < -0.4 is 5.43 Å². The fourth-order valence-electron chi connectivity index (χ4n) is 2.38. The number of halogens is 1. The van der Waals surface area contributed by atoms with Gasteiger partial charge in [-0.2, -0.15) is 5.10 Å². The molecule has 0 saturated carbocycles. The Morgan fingerprint density at radius 2 is 1.92 bits per heavy atom. The Bertz CT molecular complexity index is 739. The molecule has 3 nitrogen and oxygen atoms in total. The Morgan fingerprint density at radius 3 is 2.64 bits per heavy atom. The highest BCUT2D eigenvalue weighted by Gasteiger charge is 2.04. The molecule has 0 bridgehead atoms. The molecule has 0 saturated heterocycles. The van der Waals surface area contributed by atoms with Gasteiger partial charge < -0.3 is 0 Å². The maximum absolute atomic E-state index is 12.1. The van der Waals surface area contributed by atoms with Gasteiger partial charge in [0.25, 0.3) is 5.91 Å². The highest BCUT2D eigenvalue weighted by Crippen LogP contribution is 2.13. The van der Waals surface area contributed by atoms with Gasteiger partial charge >= 0.3 is 0 Å². The zero-order valence-corrected chi connectivity index (χ0v) is 16.0. The SMILES string of the molecule is CCCCCC(/C=N\NC(=O)c1cccc(Br)c1)=C/c1ccccc1. The molecular weight excluding hydrogens is 376 g/mol. The van der Waals surface area contributed by atoms with Crippen molar-refractivity contribution in [2.24, 2.45) is 5.10 Å². The van der Waals surface area contributed by atoms with E-state index in [1.54, 1.807) is 18.3 Å². The first-order chi connectivity index (χ1) is 12.2. The molecule has 0 aliphatic carbocycles. The smallest absolute Gasteiger partial charge is 0.267 e. The lowest BCUT2D eigenvalue weighted by Crippen LogP contribution is -2.17. The summed E-state index contributed by atoms with van der Waals surface area (Å²) >= 11 is 3.37. The zero-order chi connectivity index (χ0) is 17.9. The molecule has 0 atom stereocenters. The number of amides is 1. The van der Waals surface area contributed by atoms with Crippen molar-refractivity contribution in [3.8, 4) is 0 Å². The first kappa shape index (κ1) is 19.1. The molecule has 0 unspecified atom stereocenters. The molecule has 0 heterocycles. The Kier molecular flexibility index (Phi) is 8.13. The lowest BCUT2D eigenvalue weighted by Gasteiger charge is -2.04. The summed E-state index contributed by atoms with van der Waals surface area (Å²) in [6.07, 6.45) is 8.28. The maximum atomic E-state index is 12.1. The summed E-state index contributed by atoms with van der Waals surface area (Å²) in [4.78, 5) is 12.1. The number of rotatable bonds is 8. The van der Waals surface area contributed by atoms with Crippen LogP contribution in [0.2, 0.25) is 0 Å². The van der Waals surface area contributed by atoms with E-state index >= 15 is 0 Å². The van der Waals surface area contributed by atoms with Crippen LogP contribution in [0.3, 0.4) is 0 Å². The second kappa shape index (κ2) is 10.6. The summed E-state index contributed by atoms with van der Waals surface area (Å²) < 4.78 is 0.869. The highest BCUT2D eigenvalue weighted by atomic mass is 79.9. The maximum Gasteiger partial charge on any atom is 0.271 e. The Morgan fingerprint density at radius 1 is 1.12 bits per heavy atom. The predicted molar refractivity (Wildman–Crippen MR) is 109 cm³/mol. The number of hydrogen-bond acceptors (Lipinski definition) is 2. The summed E-state index contributed by atoms with van der Waals surface area (Å²) in [5.41, 5.74) is 5.42. The summed E-state index contributed by atoms with van der Waals surface area (Å²) in [5.74, 6) is -0.217. The molecule has 2 aromatic rings. The van der Waals surface area contributed by atoms with E-state index in [2.05, 4.69) is 51.6 Å². The molecular formula is C21H23BrN2O. The molecule has 0 spiro atoms. The first-order valence-electron chi connectivity index (χ1n) is 8.53. The number of carbonyl (C=O) groups excluding carboxylic acids is 1. The van der Waals surface area contributed by atoms with Gasteiger partial charge in [-0.15, -0.1) is 0 Å². The van der Waals surface area contributed by atoms with E-state index < -0.39 is 0 Å². The minimum absolute atomic E-state index is 0.217. The second-order valence-corrected chi connectivity index (χ2v) is 6.71. The molecule has 0 radical (unpaired) electrons. The Hall–Kier alpha value is -2.20. The Labute approximate surface area is 158 Å². The van der Waals surface area contributed by atoms with E-state index in [-0.39, 0.29) is 5.91 Å². The summed E-state index contributed by atoms with van der Waals surface area (Å²) in [6, 6.07) is 17.4. The number of nitrogens with one attached hydrogen (secondary N) is 1. The van der Waals surface area contributed by atoms with Crippen LogP contribution in [0.15, 0.2) is 69.7 Å². The molecule has 0 fully saturated rings. The molecule has 0 aromatic heterocycles. The van der Waals surface area contributed by atoms with Crippen molar-refractivity contribution in [1.29, 1.82) is 0 Å². The number of unbranched alkanes of at least 4 members (excludes halogenated alkanes) is 2. The van der Waals surface area contributed by atoms with Crippen LogP contribution in [-0.2, 0) is 0 Å². The average molecular weight is 399 g/mol. The molecule has 25 heavy (non-hydrogen) atoms. The number of carbonyl (C=O) groups is 1. The zero-order valence-electron chi connectivity index (χ0n) is 14.4. The number of nitrogens with zero attached hydrogens (tertiary/aromatic N) is 1. The number of hydrogen-bond donors (Lipinski definition) is 1. The fraction of sp³-hybridized carbons (Fsp3) is 0.238. The van der Waals surface area contributed by atoms with Crippen molar-refractivity contribution in [1.82, 2.24) is 5.43 Å². The Balaban J connectivity index is 2.03. The standard InChI is InChI=1S/C21H23BrN2O/c1-2-3-5-11-18(14-17-9-6-4-7-10-17)16-23-24-21(25)19-12-8-13-20(22)15-19/h4,6-10,12-16H,2-3,5,11H2,1H3,(H,24,25)/b18-14-,23-16-. The van der Waals surface area contributed by atoms with Crippen LogP contribution in [0.4, 0.5) is 0 Å². The van der Waals surface area contributed by atoms with E-state index in [0.29, 0.717) is 5.56 Å². The van der Waals surface area contributed by atoms with Gasteiger partial charge in [-0.05, 0) is 42.2 Å². The molecule has 4 heteroatoms. The van der Waals surface area contributed by atoms with Crippen molar-refractivity contribution < 1.29 is 4.79 Å². The molecule has 1 amide bonds. The van der Waals surface area contributed by atoms with Crippen molar-refractivity contribution in [2.75, 3.05) is 0 Å². The van der Waals surface area contributed by atoms with Crippen LogP contribution in [0.25, 0.3) is 6.08 Å². The van der Waals surface area contributed by atoms with Gasteiger partial charge in [0.05, 0.1) is 6.21 Å². The number of hydrazone groups is 1. The van der Waals surface area contributed by atoms with Crippen molar-refractivity contribution in [3.63, 3.8) is 0 Å². The van der Waals surface area contributed by atoms with Gasteiger partial charge in [-0.3, -0.25) is 4.79 Å². The monoisotopic (exact) mass is 398 g/mol. The molecule has 0 aliphatic heterocycles. The third-order valence-electron chi connectivity index (χ3n) is 3.70. The molecule has 0 aliphatic rings. The van der Waals surface area contributed by atoms with Crippen LogP contribution in [0.1, 0.15) is 48.5 Å². The summed E-state index contributed by atoms with van der Waals surface area (Å²) in [7, 11) is 0. The first-order valence-corrected chi connectivity index (χ1v) is 9.33.